The minimum absolute atomic E-state index is 0.118. The van der Waals surface area contributed by atoms with Crippen LogP contribution >= 0.6 is 8.25 Å². The number of ether oxygens (including phenoxy) is 1. The summed E-state index contributed by atoms with van der Waals surface area (Å²) in [7, 11) is -2.80. The Bertz CT molecular complexity index is 1180. The second-order valence-corrected chi connectivity index (χ2v) is 7.40. The van der Waals surface area contributed by atoms with Crippen LogP contribution in [0.4, 0.5) is 0 Å². The standard InChI is InChI=1S/C20H20N3O5P/c1-12(24)17(28-29(25)26)10-21-11-27-20-14-7-3-5-9-16(14)22-18-13-6-2-4-8-15(13)23-19(18)20/h2-9,12,17,21,23-24H,10-11H2,1H3/p+1. The number of hydrogen-bond donors (Lipinski definition) is 4. The lowest BCUT2D eigenvalue weighted by Crippen LogP contribution is -2.37. The molecule has 0 fully saturated rings. The van der Waals surface area contributed by atoms with E-state index in [1.54, 1.807) is 0 Å². The van der Waals surface area contributed by atoms with Gasteiger partial charge in [0.2, 0.25) is 0 Å². The fraction of sp³-hybridized carbons (Fsp3) is 0.250. The molecule has 0 saturated heterocycles. The number of aromatic nitrogens is 2. The van der Waals surface area contributed by atoms with Gasteiger partial charge in [0.15, 0.2) is 11.9 Å². The lowest BCUT2D eigenvalue weighted by molar-refractivity contribution is 0.0435. The molecule has 0 amide bonds. The Balaban J connectivity index is 1.62. The molecule has 0 bridgehead atoms. The van der Waals surface area contributed by atoms with Crippen LogP contribution in [0, 0.1) is 0 Å². The zero-order valence-corrected chi connectivity index (χ0v) is 16.6. The highest BCUT2D eigenvalue weighted by Gasteiger charge is 2.27. The van der Waals surface area contributed by atoms with Crippen molar-refractivity contribution in [2.24, 2.45) is 0 Å². The van der Waals surface area contributed by atoms with E-state index in [2.05, 4.69) is 10.3 Å². The number of para-hydroxylation sites is 2. The van der Waals surface area contributed by atoms with Gasteiger partial charge in [-0.3, -0.25) is 5.32 Å². The quantitative estimate of drug-likeness (QED) is 0.199. The van der Waals surface area contributed by atoms with E-state index >= 15 is 0 Å². The van der Waals surface area contributed by atoms with Crippen LogP contribution in [0.5, 0.6) is 5.75 Å². The van der Waals surface area contributed by atoms with Crippen molar-refractivity contribution in [1.82, 2.24) is 15.3 Å². The number of fused-ring (bicyclic) bond motifs is 4. The van der Waals surface area contributed by atoms with Gasteiger partial charge < -0.3 is 14.8 Å². The van der Waals surface area contributed by atoms with Gasteiger partial charge in [-0.05, 0) is 25.1 Å². The van der Waals surface area contributed by atoms with Crippen molar-refractivity contribution in [3.8, 4) is 5.75 Å². The largest absolute Gasteiger partial charge is 0.695 e. The summed E-state index contributed by atoms with van der Waals surface area (Å²) in [6.45, 7) is 1.77. The molecule has 3 atom stereocenters. The van der Waals surface area contributed by atoms with Gasteiger partial charge in [-0.15, -0.1) is 9.42 Å². The van der Waals surface area contributed by atoms with Crippen molar-refractivity contribution in [1.29, 1.82) is 0 Å². The van der Waals surface area contributed by atoms with Gasteiger partial charge in [0.25, 0.3) is 0 Å². The maximum absolute atomic E-state index is 10.9. The van der Waals surface area contributed by atoms with Crippen LogP contribution in [0.15, 0.2) is 48.5 Å². The van der Waals surface area contributed by atoms with Gasteiger partial charge in [-0.1, -0.05) is 30.3 Å². The molecule has 0 aliphatic heterocycles. The minimum Gasteiger partial charge on any atom is -0.475 e. The summed E-state index contributed by atoms with van der Waals surface area (Å²) >= 11 is 0. The van der Waals surface area contributed by atoms with E-state index in [4.69, 9.17) is 19.1 Å². The molecule has 29 heavy (non-hydrogen) atoms. The Hall–Kier alpha value is -2.61. The number of rotatable bonds is 8. The van der Waals surface area contributed by atoms with E-state index in [1.165, 1.54) is 6.92 Å². The molecule has 0 saturated carbocycles. The second kappa shape index (κ2) is 8.41. The van der Waals surface area contributed by atoms with Gasteiger partial charge >= 0.3 is 8.25 Å². The minimum atomic E-state index is -2.80. The molecular weight excluding hydrogens is 393 g/mol. The molecule has 4 aromatic rings. The topological polar surface area (TPSA) is 117 Å². The van der Waals surface area contributed by atoms with Crippen molar-refractivity contribution in [2.75, 3.05) is 13.3 Å². The molecular formula is C20H21N3O5P+. The Morgan fingerprint density at radius 3 is 2.66 bits per heavy atom. The highest BCUT2D eigenvalue weighted by molar-refractivity contribution is 7.32. The SMILES string of the molecule is CC(O)C(CNCOc1c2ccccc2nc2c1[nH]c1ccccc12)O[P+](=O)O. The number of nitrogens with zero attached hydrogens (tertiary/aromatic N) is 1. The Labute approximate surface area is 167 Å². The van der Waals surface area contributed by atoms with Gasteiger partial charge in [-0.25, -0.2) is 4.98 Å². The first-order chi connectivity index (χ1) is 14.0. The maximum Gasteiger partial charge on any atom is 0.695 e. The first-order valence-electron chi connectivity index (χ1n) is 9.18. The van der Waals surface area contributed by atoms with E-state index in [1.807, 2.05) is 48.5 Å². The van der Waals surface area contributed by atoms with Crippen molar-refractivity contribution in [2.45, 2.75) is 19.1 Å². The summed E-state index contributed by atoms with van der Waals surface area (Å²) < 4.78 is 21.8. The number of pyridine rings is 1. The van der Waals surface area contributed by atoms with Crippen molar-refractivity contribution >= 4 is 41.1 Å². The summed E-state index contributed by atoms with van der Waals surface area (Å²) in [5, 5.41) is 14.6. The van der Waals surface area contributed by atoms with Crippen molar-refractivity contribution < 1.29 is 23.8 Å². The molecule has 0 radical (unpaired) electrons. The van der Waals surface area contributed by atoms with E-state index in [0.29, 0.717) is 5.75 Å². The fourth-order valence-corrected chi connectivity index (χ4v) is 3.79. The molecule has 4 N–H and O–H groups in total. The Morgan fingerprint density at radius 2 is 1.90 bits per heavy atom. The molecule has 150 valence electrons. The monoisotopic (exact) mass is 414 g/mol. The maximum atomic E-state index is 10.9. The van der Waals surface area contributed by atoms with E-state index in [9.17, 15) is 9.67 Å². The molecule has 2 heterocycles. The molecule has 8 nitrogen and oxygen atoms in total. The van der Waals surface area contributed by atoms with Crippen LogP contribution in [0.1, 0.15) is 6.92 Å². The number of benzene rings is 2. The van der Waals surface area contributed by atoms with Gasteiger partial charge in [0, 0.05) is 27.4 Å². The Kier molecular flexibility index (Phi) is 5.71. The molecule has 0 aliphatic carbocycles. The molecule has 4 rings (SSSR count). The molecule has 3 unspecified atom stereocenters. The van der Waals surface area contributed by atoms with E-state index in [-0.39, 0.29) is 13.3 Å². The van der Waals surface area contributed by atoms with Crippen LogP contribution in [0.25, 0.3) is 32.8 Å². The lowest BCUT2D eigenvalue weighted by Gasteiger charge is -2.15. The summed E-state index contributed by atoms with van der Waals surface area (Å²) in [6.07, 6.45) is -1.73. The first-order valence-corrected chi connectivity index (χ1v) is 10.3. The number of aliphatic hydroxyl groups is 1. The highest BCUT2D eigenvalue weighted by atomic mass is 31.1. The van der Waals surface area contributed by atoms with Crippen LogP contribution in [0.2, 0.25) is 0 Å². The summed E-state index contributed by atoms with van der Waals surface area (Å²) in [6, 6.07) is 15.7. The van der Waals surface area contributed by atoms with E-state index in [0.717, 1.165) is 32.8 Å². The van der Waals surface area contributed by atoms with Crippen molar-refractivity contribution in [3.63, 3.8) is 0 Å². The third kappa shape index (κ3) is 4.07. The fourth-order valence-electron chi connectivity index (χ4n) is 3.31. The third-order valence-corrected chi connectivity index (χ3v) is 5.17. The van der Waals surface area contributed by atoms with Crippen molar-refractivity contribution in [3.05, 3.63) is 48.5 Å². The third-order valence-electron chi connectivity index (χ3n) is 4.71. The number of hydrogen-bond acceptors (Lipinski definition) is 6. The van der Waals surface area contributed by atoms with Crippen LogP contribution in [-0.4, -0.2) is 45.5 Å². The number of aromatic amines is 1. The lowest BCUT2D eigenvalue weighted by atomic mass is 10.1. The Morgan fingerprint density at radius 1 is 1.17 bits per heavy atom. The smallest absolute Gasteiger partial charge is 0.475 e. The summed E-state index contributed by atoms with van der Waals surface area (Å²) in [5.41, 5.74) is 3.42. The highest BCUT2D eigenvalue weighted by Crippen LogP contribution is 2.36. The number of H-pyrrole nitrogens is 1. The first kappa shape index (κ1) is 19.7. The molecule has 9 heteroatoms. The predicted octanol–water partition coefficient (Wildman–Crippen LogP) is 3.21. The number of nitrogens with one attached hydrogen (secondary N) is 2. The second-order valence-electron chi connectivity index (χ2n) is 6.72. The molecule has 0 spiro atoms. The van der Waals surface area contributed by atoms with Crippen LogP contribution in [0.3, 0.4) is 0 Å². The van der Waals surface area contributed by atoms with E-state index < -0.39 is 20.5 Å². The van der Waals surface area contributed by atoms with Gasteiger partial charge in [-0.2, -0.15) is 0 Å². The molecule has 0 aliphatic rings. The summed E-state index contributed by atoms with van der Waals surface area (Å²) in [4.78, 5) is 17.1. The zero-order valence-electron chi connectivity index (χ0n) is 15.7. The van der Waals surface area contributed by atoms with Crippen LogP contribution < -0.4 is 10.1 Å². The van der Waals surface area contributed by atoms with Gasteiger partial charge in [0.05, 0.1) is 11.6 Å². The average molecular weight is 414 g/mol. The zero-order chi connectivity index (χ0) is 20.4. The molecule has 2 aromatic carbocycles. The average Bonchev–Trinajstić information content (AvgIpc) is 3.07. The normalized spacial score (nSPS) is 14.4. The molecule has 2 aromatic heterocycles. The summed E-state index contributed by atoms with van der Waals surface area (Å²) in [5.74, 6) is 0.664. The number of aliphatic hydroxyl groups excluding tert-OH is 1. The predicted molar refractivity (Wildman–Crippen MR) is 111 cm³/mol. The van der Waals surface area contributed by atoms with Crippen LogP contribution in [-0.2, 0) is 9.09 Å². The van der Waals surface area contributed by atoms with Gasteiger partial charge in [0.1, 0.15) is 17.8 Å².